The summed E-state index contributed by atoms with van der Waals surface area (Å²) in [5.41, 5.74) is 6.29. The van der Waals surface area contributed by atoms with Crippen LogP contribution >= 0.6 is 11.3 Å². The molecule has 1 aromatic carbocycles. The molecule has 0 aliphatic rings. The summed E-state index contributed by atoms with van der Waals surface area (Å²) in [5, 5.41) is 3.45. The number of amides is 1. The van der Waals surface area contributed by atoms with E-state index in [2.05, 4.69) is 10.2 Å². The monoisotopic (exact) mass is 295 g/mol. The van der Waals surface area contributed by atoms with Crippen LogP contribution in [0.25, 0.3) is 10.1 Å². The van der Waals surface area contributed by atoms with E-state index in [4.69, 9.17) is 5.73 Å². The van der Waals surface area contributed by atoms with Gasteiger partial charge in [-0.25, -0.2) is 4.39 Å². The van der Waals surface area contributed by atoms with Crippen molar-refractivity contribution in [2.24, 2.45) is 0 Å². The van der Waals surface area contributed by atoms with Gasteiger partial charge in [-0.3, -0.25) is 4.79 Å². The quantitative estimate of drug-likeness (QED) is 0.832. The summed E-state index contributed by atoms with van der Waals surface area (Å²) in [6.45, 7) is 1.51. The van der Waals surface area contributed by atoms with Crippen molar-refractivity contribution in [2.75, 3.05) is 32.9 Å². The van der Waals surface area contributed by atoms with Crippen molar-refractivity contribution in [1.82, 2.24) is 10.2 Å². The number of halogens is 1. The first kappa shape index (κ1) is 14.7. The van der Waals surface area contributed by atoms with Gasteiger partial charge in [0.15, 0.2) is 0 Å². The minimum absolute atomic E-state index is 0.192. The Morgan fingerprint density at radius 3 is 2.90 bits per heavy atom. The van der Waals surface area contributed by atoms with Crippen LogP contribution in [-0.2, 0) is 0 Å². The number of hydrogen-bond donors (Lipinski definition) is 2. The van der Waals surface area contributed by atoms with Crippen molar-refractivity contribution >= 4 is 33.0 Å². The Morgan fingerprint density at radius 2 is 2.20 bits per heavy atom. The highest BCUT2D eigenvalue weighted by molar-refractivity contribution is 7.21. The van der Waals surface area contributed by atoms with Crippen molar-refractivity contribution < 1.29 is 9.18 Å². The second-order valence-electron chi connectivity index (χ2n) is 4.90. The van der Waals surface area contributed by atoms with Crippen molar-refractivity contribution in [3.05, 3.63) is 28.9 Å². The van der Waals surface area contributed by atoms with Gasteiger partial charge in [-0.15, -0.1) is 11.3 Å². The van der Waals surface area contributed by atoms with Crippen LogP contribution < -0.4 is 11.1 Å². The van der Waals surface area contributed by atoms with Crippen LogP contribution in [0.1, 0.15) is 16.1 Å². The summed E-state index contributed by atoms with van der Waals surface area (Å²) >= 11 is 1.29. The van der Waals surface area contributed by atoms with Crippen molar-refractivity contribution in [2.45, 2.75) is 6.42 Å². The third-order valence-electron chi connectivity index (χ3n) is 2.96. The summed E-state index contributed by atoms with van der Waals surface area (Å²) in [6.07, 6.45) is 0.873. The summed E-state index contributed by atoms with van der Waals surface area (Å²) < 4.78 is 14.0. The summed E-state index contributed by atoms with van der Waals surface area (Å²) in [4.78, 5) is 14.6. The number of nitrogen functional groups attached to an aromatic ring is 1. The zero-order valence-corrected chi connectivity index (χ0v) is 12.4. The van der Waals surface area contributed by atoms with Crippen LogP contribution in [0, 0.1) is 5.82 Å². The number of nitrogens with two attached hydrogens (primary N) is 1. The maximum Gasteiger partial charge on any atom is 0.263 e. The predicted molar refractivity (Wildman–Crippen MR) is 81.7 cm³/mol. The Morgan fingerprint density at radius 1 is 1.45 bits per heavy atom. The molecule has 0 bridgehead atoms. The van der Waals surface area contributed by atoms with E-state index in [1.165, 1.54) is 23.5 Å². The summed E-state index contributed by atoms with van der Waals surface area (Å²) in [6, 6.07) is 4.38. The molecule has 1 aromatic heterocycles. The molecule has 0 aliphatic heterocycles. The van der Waals surface area contributed by atoms with E-state index >= 15 is 0 Å². The average molecular weight is 295 g/mol. The lowest BCUT2D eigenvalue weighted by atomic mass is 10.2. The topological polar surface area (TPSA) is 58.4 Å². The Balaban J connectivity index is 2.08. The van der Waals surface area contributed by atoms with Gasteiger partial charge in [0.1, 0.15) is 10.7 Å². The van der Waals surface area contributed by atoms with Crippen LogP contribution in [0.5, 0.6) is 0 Å². The molecule has 2 rings (SSSR count). The van der Waals surface area contributed by atoms with Gasteiger partial charge in [0.25, 0.3) is 5.91 Å². The molecule has 4 nitrogen and oxygen atoms in total. The molecule has 0 saturated carbocycles. The van der Waals surface area contributed by atoms with E-state index in [1.54, 1.807) is 6.07 Å². The van der Waals surface area contributed by atoms with Gasteiger partial charge in [-0.1, -0.05) is 0 Å². The number of nitrogens with one attached hydrogen (secondary N) is 1. The molecule has 2 aromatic rings. The van der Waals surface area contributed by atoms with E-state index in [9.17, 15) is 9.18 Å². The van der Waals surface area contributed by atoms with Gasteiger partial charge < -0.3 is 16.0 Å². The predicted octanol–water partition coefficient (Wildman–Crippen LogP) is 2.30. The van der Waals surface area contributed by atoms with Crippen LogP contribution in [0.4, 0.5) is 10.1 Å². The van der Waals surface area contributed by atoms with Crippen molar-refractivity contribution in [1.29, 1.82) is 0 Å². The molecule has 0 saturated heterocycles. The van der Waals surface area contributed by atoms with Gasteiger partial charge >= 0.3 is 0 Å². The molecule has 0 radical (unpaired) electrons. The SMILES string of the molecule is CN(C)CCCNC(=O)c1sc2ccc(F)cc2c1N. The van der Waals surface area contributed by atoms with Gasteiger partial charge in [0.2, 0.25) is 0 Å². The van der Waals surface area contributed by atoms with E-state index < -0.39 is 0 Å². The summed E-state index contributed by atoms with van der Waals surface area (Å²) in [5.74, 6) is -0.539. The number of nitrogens with zero attached hydrogens (tertiary/aromatic N) is 1. The molecule has 3 N–H and O–H groups in total. The largest absolute Gasteiger partial charge is 0.397 e. The molecule has 108 valence electrons. The second kappa shape index (κ2) is 6.19. The van der Waals surface area contributed by atoms with Gasteiger partial charge in [0, 0.05) is 16.6 Å². The minimum Gasteiger partial charge on any atom is -0.397 e. The first-order chi connectivity index (χ1) is 9.49. The molecule has 0 spiro atoms. The average Bonchev–Trinajstić information content (AvgIpc) is 2.72. The number of carbonyl (C=O) groups excluding carboxylic acids is 1. The van der Waals surface area contributed by atoms with Crippen LogP contribution in [0.15, 0.2) is 18.2 Å². The van der Waals surface area contributed by atoms with Gasteiger partial charge in [-0.05, 0) is 45.3 Å². The number of hydrogen-bond acceptors (Lipinski definition) is 4. The Hall–Kier alpha value is -1.66. The first-order valence-electron chi connectivity index (χ1n) is 6.39. The second-order valence-corrected chi connectivity index (χ2v) is 5.95. The van der Waals surface area contributed by atoms with E-state index in [-0.39, 0.29) is 11.7 Å². The van der Waals surface area contributed by atoms with Gasteiger partial charge in [0.05, 0.1) is 5.69 Å². The van der Waals surface area contributed by atoms with E-state index in [1.807, 2.05) is 14.1 Å². The first-order valence-corrected chi connectivity index (χ1v) is 7.21. The standard InChI is InChI=1S/C14H18FN3OS/c1-18(2)7-3-6-17-14(19)13-12(16)10-8-9(15)4-5-11(10)20-13/h4-5,8H,3,6-7,16H2,1-2H3,(H,17,19). The molecule has 1 amide bonds. The number of thiophene rings is 1. The number of rotatable bonds is 5. The minimum atomic E-state index is -0.347. The lowest BCUT2D eigenvalue weighted by molar-refractivity contribution is 0.0957. The zero-order valence-electron chi connectivity index (χ0n) is 11.6. The normalized spacial score (nSPS) is 11.2. The van der Waals surface area contributed by atoms with Crippen LogP contribution in [0.3, 0.4) is 0 Å². The van der Waals surface area contributed by atoms with E-state index in [0.717, 1.165) is 17.7 Å². The third-order valence-corrected chi connectivity index (χ3v) is 4.15. The highest BCUT2D eigenvalue weighted by atomic mass is 32.1. The number of fused-ring (bicyclic) bond motifs is 1. The van der Waals surface area contributed by atoms with Crippen LogP contribution in [-0.4, -0.2) is 38.0 Å². The van der Waals surface area contributed by atoms with Crippen molar-refractivity contribution in [3.63, 3.8) is 0 Å². The molecule has 20 heavy (non-hydrogen) atoms. The lowest BCUT2D eigenvalue weighted by Gasteiger charge is -2.09. The molecule has 0 fully saturated rings. The Bertz CT molecular complexity index is 624. The fraction of sp³-hybridized carbons (Fsp3) is 0.357. The molecule has 1 heterocycles. The molecule has 6 heteroatoms. The number of benzene rings is 1. The highest BCUT2D eigenvalue weighted by Gasteiger charge is 2.16. The van der Waals surface area contributed by atoms with Crippen LogP contribution in [0.2, 0.25) is 0 Å². The number of carbonyl (C=O) groups is 1. The van der Waals surface area contributed by atoms with Crippen molar-refractivity contribution in [3.8, 4) is 0 Å². The van der Waals surface area contributed by atoms with E-state index in [0.29, 0.717) is 22.5 Å². The lowest BCUT2D eigenvalue weighted by Crippen LogP contribution is -2.27. The molecular formula is C14H18FN3OS. The fourth-order valence-electron chi connectivity index (χ4n) is 1.94. The Kier molecular flexibility index (Phi) is 4.57. The Labute approximate surface area is 121 Å². The molecule has 0 atom stereocenters. The highest BCUT2D eigenvalue weighted by Crippen LogP contribution is 2.33. The number of anilines is 1. The fourth-order valence-corrected chi connectivity index (χ4v) is 2.95. The third kappa shape index (κ3) is 3.26. The molecule has 0 aliphatic carbocycles. The smallest absolute Gasteiger partial charge is 0.263 e. The molecule has 0 unspecified atom stereocenters. The maximum atomic E-state index is 13.2. The van der Waals surface area contributed by atoms with Gasteiger partial charge in [-0.2, -0.15) is 0 Å². The maximum absolute atomic E-state index is 13.2. The summed E-state index contributed by atoms with van der Waals surface area (Å²) in [7, 11) is 3.97. The molecular weight excluding hydrogens is 277 g/mol. The zero-order chi connectivity index (χ0) is 14.7.